The van der Waals surface area contributed by atoms with Gasteiger partial charge in [0.15, 0.2) is 0 Å². The molecule has 1 aliphatic heterocycles. The standard InChI is InChI=1S/C24H27ClN2O2/c1-26-21-10-6-5-9-20(21)23(28)27(16-15-17-11-13-19(25)14-12-17)22(24(26)29)18-7-3-2-4-8-18/h5-6,9-14,18,22H,2-4,7-8,15-16H2,1H3. The van der Waals surface area contributed by atoms with Gasteiger partial charge >= 0.3 is 0 Å². The number of hydrogen-bond acceptors (Lipinski definition) is 2. The molecule has 1 aliphatic carbocycles. The molecule has 1 heterocycles. The molecule has 1 unspecified atom stereocenters. The minimum Gasteiger partial charge on any atom is -0.326 e. The van der Waals surface area contributed by atoms with Crippen molar-refractivity contribution in [1.82, 2.24) is 4.90 Å². The number of anilines is 1. The van der Waals surface area contributed by atoms with E-state index < -0.39 is 6.04 Å². The number of hydrogen-bond donors (Lipinski definition) is 0. The average Bonchev–Trinajstić information content (AvgIpc) is 2.83. The Labute approximate surface area is 177 Å². The van der Waals surface area contributed by atoms with Gasteiger partial charge in [0.25, 0.3) is 5.91 Å². The van der Waals surface area contributed by atoms with Crippen molar-refractivity contribution in [3.8, 4) is 0 Å². The van der Waals surface area contributed by atoms with E-state index >= 15 is 0 Å². The lowest BCUT2D eigenvalue weighted by Crippen LogP contribution is -2.52. The zero-order valence-corrected chi connectivity index (χ0v) is 17.6. The molecule has 0 saturated heterocycles. The minimum absolute atomic E-state index is 0.0336. The van der Waals surface area contributed by atoms with Crippen molar-refractivity contribution in [2.24, 2.45) is 5.92 Å². The lowest BCUT2D eigenvalue weighted by atomic mass is 9.82. The molecule has 1 saturated carbocycles. The molecule has 2 aromatic rings. The monoisotopic (exact) mass is 410 g/mol. The van der Waals surface area contributed by atoms with Crippen LogP contribution < -0.4 is 4.90 Å². The highest BCUT2D eigenvalue weighted by molar-refractivity contribution is 6.30. The second-order valence-corrected chi connectivity index (χ2v) is 8.57. The molecule has 29 heavy (non-hydrogen) atoms. The summed E-state index contributed by atoms with van der Waals surface area (Å²) >= 11 is 6.01. The third-order valence-corrected chi connectivity index (χ3v) is 6.58. The van der Waals surface area contributed by atoms with E-state index in [9.17, 15) is 9.59 Å². The van der Waals surface area contributed by atoms with Gasteiger partial charge in [-0.2, -0.15) is 0 Å². The van der Waals surface area contributed by atoms with E-state index in [1.807, 2.05) is 53.4 Å². The van der Waals surface area contributed by atoms with Gasteiger partial charge in [0.2, 0.25) is 5.91 Å². The fourth-order valence-corrected chi connectivity index (χ4v) is 4.85. The number of carbonyl (C=O) groups is 2. The molecule has 0 N–H and O–H groups in total. The third-order valence-electron chi connectivity index (χ3n) is 6.33. The van der Waals surface area contributed by atoms with E-state index in [4.69, 9.17) is 11.6 Å². The average molecular weight is 411 g/mol. The van der Waals surface area contributed by atoms with Crippen LogP contribution in [0, 0.1) is 5.92 Å². The summed E-state index contributed by atoms with van der Waals surface area (Å²) in [6, 6.07) is 14.8. The van der Waals surface area contributed by atoms with Gasteiger partial charge < -0.3 is 9.80 Å². The maximum absolute atomic E-state index is 13.6. The number of amides is 2. The normalized spacial score (nSPS) is 20.6. The van der Waals surface area contributed by atoms with E-state index in [0.29, 0.717) is 29.2 Å². The number of rotatable bonds is 4. The predicted octanol–water partition coefficient (Wildman–Crippen LogP) is 4.95. The van der Waals surface area contributed by atoms with E-state index in [1.54, 1.807) is 11.9 Å². The largest absolute Gasteiger partial charge is 0.326 e. The molecular formula is C24H27ClN2O2. The molecular weight excluding hydrogens is 384 g/mol. The summed E-state index contributed by atoms with van der Waals surface area (Å²) in [7, 11) is 1.80. The maximum Gasteiger partial charge on any atom is 0.256 e. The molecule has 1 fully saturated rings. The molecule has 4 rings (SSSR count). The molecule has 0 spiro atoms. The second kappa shape index (κ2) is 8.58. The van der Waals surface area contributed by atoms with Crippen molar-refractivity contribution >= 4 is 29.1 Å². The van der Waals surface area contributed by atoms with E-state index in [-0.39, 0.29) is 17.7 Å². The fourth-order valence-electron chi connectivity index (χ4n) is 4.73. The van der Waals surface area contributed by atoms with Crippen molar-refractivity contribution < 1.29 is 9.59 Å². The third kappa shape index (κ3) is 4.04. The van der Waals surface area contributed by atoms with Crippen LogP contribution in [0.4, 0.5) is 5.69 Å². The predicted molar refractivity (Wildman–Crippen MR) is 116 cm³/mol. The number of fused-ring (bicyclic) bond motifs is 1. The van der Waals surface area contributed by atoms with Crippen molar-refractivity contribution in [2.75, 3.05) is 18.5 Å². The highest BCUT2D eigenvalue weighted by Crippen LogP contribution is 2.35. The molecule has 0 radical (unpaired) electrons. The number of benzene rings is 2. The summed E-state index contributed by atoms with van der Waals surface area (Å²) in [4.78, 5) is 30.6. The summed E-state index contributed by atoms with van der Waals surface area (Å²) in [6.07, 6.45) is 6.18. The Bertz CT molecular complexity index is 890. The number of nitrogens with zero attached hydrogens (tertiary/aromatic N) is 2. The van der Waals surface area contributed by atoms with Crippen LogP contribution in [0.5, 0.6) is 0 Å². The maximum atomic E-state index is 13.6. The van der Waals surface area contributed by atoms with Crippen LogP contribution >= 0.6 is 11.6 Å². The Morgan fingerprint density at radius 2 is 1.66 bits per heavy atom. The van der Waals surface area contributed by atoms with Crippen LogP contribution in [0.25, 0.3) is 0 Å². The first-order chi connectivity index (χ1) is 14.1. The SMILES string of the molecule is CN1C(=O)C(C2CCCCC2)N(CCc2ccc(Cl)cc2)C(=O)c2ccccc21. The summed E-state index contributed by atoms with van der Waals surface area (Å²) in [6.45, 7) is 0.523. The van der Waals surface area contributed by atoms with Crippen molar-refractivity contribution in [1.29, 1.82) is 0 Å². The Morgan fingerprint density at radius 1 is 0.966 bits per heavy atom. The van der Waals surface area contributed by atoms with Crippen LogP contribution in [0.3, 0.4) is 0 Å². The lowest BCUT2D eigenvalue weighted by Gasteiger charge is -2.37. The van der Waals surface area contributed by atoms with Gasteiger partial charge in [-0.3, -0.25) is 9.59 Å². The van der Waals surface area contributed by atoms with E-state index in [0.717, 1.165) is 31.2 Å². The molecule has 1 atom stereocenters. The first-order valence-corrected chi connectivity index (χ1v) is 10.9. The first-order valence-electron chi connectivity index (χ1n) is 10.5. The van der Waals surface area contributed by atoms with Crippen molar-refractivity contribution in [3.63, 3.8) is 0 Å². The van der Waals surface area contributed by atoms with Crippen LogP contribution in [0.15, 0.2) is 48.5 Å². The van der Waals surface area contributed by atoms with Gasteiger partial charge in [0, 0.05) is 18.6 Å². The summed E-state index contributed by atoms with van der Waals surface area (Å²) in [5.74, 6) is 0.219. The summed E-state index contributed by atoms with van der Waals surface area (Å²) in [5, 5.41) is 0.699. The van der Waals surface area contributed by atoms with Gasteiger partial charge in [-0.25, -0.2) is 0 Å². The summed E-state index contributed by atoms with van der Waals surface area (Å²) < 4.78 is 0. The zero-order chi connectivity index (χ0) is 20.4. The Kier molecular flexibility index (Phi) is 5.91. The molecule has 152 valence electrons. The molecule has 2 aromatic carbocycles. The Hall–Kier alpha value is -2.33. The minimum atomic E-state index is -0.396. The summed E-state index contributed by atoms with van der Waals surface area (Å²) in [5.41, 5.74) is 2.43. The topological polar surface area (TPSA) is 40.6 Å². The Balaban J connectivity index is 1.68. The molecule has 2 amide bonds. The fraction of sp³-hybridized carbons (Fsp3) is 0.417. The van der Waals surface area contributed by atoms with Crippen LogP contribution in [0.2, 0.25) is 5.02 Å². The van der Waals surface area contributed by atoms with Crippen LogP contribution in [-0.2, 0) is 11.2 Å². The first kappa shape index (κ1) is 20.0. The number of carbonyl (C=O) groups excluding carboxylic acids is 2. The number of para-hydroxylation sites is 1. The molecule has 2 aliphatic rings. The van der Waals surface area contributed by atoms with Gasteiger partial charge in [0.1, 0.15) is 6.04 Å². The highest BCUT2D eigenvalue weighted by Gasteiger charge is 2.42. The zero-order valence-electron chi connectivity index (χ0n) is 16.8. The second-order valence-electron chi connectivity index (χ2n) is 8.13. The molecule has 0 bridgehead atoms. The smallest absolute Gasteiger partial charge is 0.256 e. The van der Waals surface area contributed by atoms with E-state index in [2.05, 4.69) is 0 Å². The highest BCUT2D eigenvalue weighted by atomic mass is 35.5. The molecule has 0 aromatic heterocycles. The van der Waals surface area contributed by atoms with Crippen molar-refractivity contribution in [2.45, 2.75) is 44.6 Å². The van der Waals surface area contributed by atoms with Crippen LogP contribution in [-0.4, -0.2) is 36.3 Å². The lowest BCUT2D eigenvalue weighted by molar-refractivity contribution is -0.124. The number of likely N-dealkylation sites (N-methyl/N-ethyl adjacent to an activating group) is 1. The quantitative estimate of drug-likeness (QED) is 0.715. The Morgan fingerprint density at radius 3 is 2.38 bits per heavy atom. The van der Waals surface area contributed by atoms with E-state index in [1.165, 1.54) is 6.42 Å². The van der Waals surface area contributed by atoms with Crippen molar-refractivity contribution in [3.05, 3.63) is 64.7 Å². The van der Waals surface area contributed by atoms with Gasteiger partial charge in [0.05, 0.1) is 11.3 Å². The molecule has 5 heteroatoms. The van der Waals surface area contributed by atoms with Gasteiger partial charge in [-0.05, 0) is 55.0 Å². The van der Waals surface area contributed by atoms with Gasteiger partial charge in [-0.15, -0.1) is 0 Å². The van der Waals surface area contributed by atoms with Gasteiger partial charge in [-0.1, -0.05) is 55.1 Å². The molecule has 4 nitrogen and oxygen atoms in total. The number of halogens is 1. The van der Waals surface area contributed by atoms with Crippen LogP contribution in [0.1, 0.15) is 48.0 Å².